The van der Waals surface area contributed by atoms with Crippen molar-refractivity contribution in [3.05, 3.63) is 54.4 Å². The molecule has 1 atom stereocenters. The quantitative estimate of drug-likeness (QED) is 0.720. The molecule has 5 nitrogen and oxygen atoms in total. The Morgan fingerprint density at radius 3 is 2.88 bits per heavy atom. The van der Waals surface area contributed by atoms with Gasteiger partial charge in [0.1, 0.15) is 12.4 Å². The minimum Gasteiger partial charge on any atom is -0.488 e. The molecule has 0 bridgehead atoms. The summed E-state index contributed by atoms with van der Waals surface area (Å²) >= 11 is 0. The van der Waals surface area contributed by atoms with Crippen LogP contribution >= 0.6 is 9.24 Å². The molecule has 2 aromatic heterocycles. The number of nitrogens with two attached hydrogens (primary N) is 1. The van der Waals surface area contributed by atoms with E-state index in [1.165, 1.54) is 5.56 Å². The maximum absolute atomic E-state index is 5.86. The number of pyridine rings is 2. The Morgan fingerprint density at radius 2 is 2.04 bits per heavy atom. The normalized spacial score (nSPS) is 13.3. The molecule has 6 heteroatoms. The molecule has 0 spiro atoms. The number of nitrogens with zero attached hydrogens (tertiary/aromatic N) is 3. The van der Waals surface area contributed by atoms with Crippen LogP contribution in [0.3, 0.4) is 0 Å². The lowest BCUT2D eigenvalue weighted by atomic mass is 10.1. The van der Waals surface area contributed by atoms with Crippen molar-refractivity contribution in [1.29, 1.82) is 0 Å². The maximum atomic E-state index is 5.86. The van der Waals surface area contributed by atoms with Gasteiger partial charge in [0.05, 0.1) is 24.1 Å². The highest BCUT2D eigenvalue weighted by molar-refractivity contribution is 7.28. The highest BCUT2D eigenvalue weighted by Crippen LogP contribution is 2.38. The van der Waals surface area contributed by atoms with Gasteiger partial charge in [0, 0.05) is 23.5 Å². The minimum absolute atomic E-state index is 0.505. The van der Waals surface area contributed by atoms with Crippen molar-refractivity contribution in [3.8, 4) is 17.0 Å². The van der Waals surface area contributed by atoms with Crippen molar-refractivity contribution in [2.75, 3.05) is 23.8 Å². The molecule has 3 aromatic rings. The summed E-state index contributed by atoms with van der Waals surface area (Å²) in [6, 6.07) is 12.2. The van der Waals surface area contributed by atoms with Crippen LogP contribution in [0.2, 0.25) is 0 Å². The lowest BCUT2D eigenvalue weighted by Gasteiger charge is -2.31. The van der Waals surface area contributed by atoms with Gasteiger partial charge in [-0.05, 0) is 30.4 Å². The Morgan fingerprint density at radius 1 is 1.16 bits per heavy atom. The van der Waals surface area contributed by atoms with E-state index in [0.717, 1.165) is 40.2 Å². The maximum Gasteiger partial charge on any atom is 0.161 e. The number of aryl methyl sites for hydroxylation is 1. The fraction of sp³-hybridized carbons (Fsp3) is 0.158. The van der Waals surface area contributed by atoms with Crippen LogP contribution in [0.1, 0.15) is 5.56 Å². The van der Waals surface area contributed by atoms with E-state index in [4.69, 9.17) is 10.5 Å². The fourth-order valence-electron chi connectivity index (χ4n) is 3.03. The second-order valence-electron chi connectivity index (χ2n) is 6.07. The molecule has 1 aliphatic rings. The monoisotopic (exact) mass is 350 g/mol. The van der Waals surface area contributed by atoms with Gasteiger partial charge in [-0.1, -0.05) is 17.7 Å². The Hall–Kier alpha value is -2.65. The average Bonchev–Trinajstić information content (AvgIpc) is 2.63. The molecule has 0 saturated heterocycles. The predicted octanol–water partition coefficient (Wildman–Crippen LogP) is 3.07. The molecule has 0 aliphatic carbocycles. The number of rotatable bonds is 2. The van der Waals surface area contributed by atoms with Crippen LogP contribution in [-0.4, -0.2) is 23.1 Å². The third-order valence-electron chi connectivity index (χ3n) is 4.27. The first kappa shape index (κ1) is 15.9. The summed E-state index contributed by atoms with van der Waals surface area (Å²) in [6.07, 6.45) is 3.52. The number of hydrogen-bond donors (Lipinski definition) is 1. The van der Waals surface area contributed by atoms with Gasteiger partial charge in [0.2, 0.25) is 0 Å². The van der Waals surface area contributed by atoms with E-state index in [2.05, 4.69) is 55.3 Å². The standard InChI is InChI=1S/C19H19N4OP/c1-12-2-3-18(25)14(8-12)15-10-16-17(11-22-15)24-7-6-23(16)13-4-5-21-19(20)9-13/h2-5,8-11H,6-7,25H2,1H3,(H2,20,21). The molecule has 1 aliphatic heterocycles. The van der Waals surface area contributed by atoms with E-state index in [0.29, 0.717) is 12.4 Å². The third kappa shape index (κ3) is 3.03. The highest BCUT2D eigenvalue weighted by atomic mass is 31.0. The van der Waals surface area contributed by atoms with E-state index < -0.39 is 0 Å². The second-order valence-corrected chi connectivity index (χ2v) is 6.69. The van der Waals surface area contributed by atoms with Crippen molar-refractivity contribution in [3.63, 3.8) is 0 Å². The molecule has 0 saturated carbocycles. The largest absolute Gasteiger partial charge is 0.488 e. The zero-order valence-corrected chi connectivity index (χ0v) is 15.1. The number of hydrogen-bond acceptors (Lipinski definition) is 5. The molecule has 0 fully saturated rings. The zero-order chi connectivity index (χ0) is 17.4. The van der Waals surface area contributed by atoms with Crippen LogP contribution in [0, 0.1) is 6.92 Å². The van der Waals surface area contributed by atoms with Crippen LogP contribution in [-0.2, 0) is 0 Å². The molecule has 3 heterocycles. The number of anilines is 3. The van der Waals surface area contributed by atoms with E-state index >= 15 is 0 Å². The molecule has 1 aromatic carbocycles. The molecule has 4 rings (SSSR count). The zero-order valence-electron chi connectivity index (χ0n) is 13.9. The smallest absolute Gasteiger partial charge is 0.161 e. The molecule has 25 heavy (non-hydrogen) atoms. The van der Waals surface area contributed by atoms with Gasteiger partial charge in [0.15, 0.2) is 5.75 Å². The molecular formula is C19H19N4OP. The van der Waals surface area contributed by atoms with Crippen LogP contribution in [0.4, 0.5) is 17.2 Å². The minimum atomic E-state index is 0.505. The summed E-state index contributed by atoms with van der Waals surface area (Å²) in [6.45, 7) is 3.44. The van der Waals surface area contributed by atoms with Gasteiger partial charge in [-0.15, -0.1) is 9.24 Å². The van der Waals surface area contributed by atoms with Gasteiger partial charge in [-0.2, -0.15) is 0 Å². The van der Waals surface area contributed by atoms with Crippen molar-refractivity contribution >= 4 is 31.7 Å². The van der Waals surface area contributed by atoms with Gasteiger partial charge < -0.3 is 15.4 Å². The number of nitrogen functional groups attached to an aromatic ring is 1. The number of fused-ring (bicyclic) bond motifs is 1. The lowest BCUT2D eigenvalue weighted by Crippen LogP contribution is -2.28. The van der Waals surface area contributed by atoms with Gasteiger partial charge in [-0.3, -0.25) is 4.98 Å². The number of ether oxygens (including phenoxy) is 1. The molecular weight excluding hydrogens is 331 g/mol. The summed E-state index contributed by atoms with van der Waals surface area (Å²) in [5, 5.41) is 1.12. The highest BCUT2D eigenvalue weighted by Gasteiger charge is 2.21. The molecule has 2 N–H and O–H groups in total. The molecule has 1 unspecified atom stereocenters. The second kappa shape index (κ2) is 6.34. The summed E-state index contributed by atoms with van der Waals surface area (Å²) in [4.78, 5) is 10.9. The topological polar surface area (TPSA) is 64.3 Å². The molecule has 126 valence electrons. The van der Waals surface area contributed by atoms with E-state index in [1.807, 2.05) is 12.1 Å². The third-order valence-corrected chi connectivity index (χ3v) is 4.77. The van der Waals surface area contributed by atoms with E-state index in [9.17, 15) is 0 Å². The Bertz CT molecular complexity index is 944. The molecule has 0 radical (unpaired) electrons. The predicted molar refractivity (Wildman–Crippen MR) is 105 cm³/mol. The summed E-state index contributed by atoms with van der Waals surface area (Å²) in [5.41, 5.74) is 11.1. The van der Waals surface area contributed by atoms with Crippen molar-refractivity contribution in [1.82, 2.24) is 9.97 Å². The van der Waals surface area contributed by atoms with Gasteiger partial charge in [0.25, 0.3) is 0 Å². The van der Waals surface area contributed by atoms with Crippen molar-refractivity contribution in [2.45, 2.75) is 6.92 Å². The van der Waals surface area contributed by atoms with E-state index in [-0.39, 0.29) is 0 Å². The van der Waals surface area contributed by atoms with Crippen LogP contribution in [0.15, 0.2) is 48.8 Å². The Balaban J connectivity index is 1.82. The first-order valence-corrected chi connectivity index (χ1v) is 8.68. The van der Waals surface area contributed by atoms with Crippen LogP contribution < -0.4 is 20.7 Å². The first-order chi connectivity index (χ1) is 12.1. The number of benzene rings is 1. The summed E-state index contributed by atoms with van der Waals surface area (Å²) in [5.74, 6) is 1.29. The first-order valence-electron chi connectivity index (χ1n) is 8.10. The number of aromatic nitrogens is 2. The molecule has 0 amide bonds. The lowest BCUT2D eigenvalue weighted by molar-refractivity contribution is 0.313. The van der Waals surface area contributed by atoms with Crippen LogP contribution in [0.5, 0.6) is 5.75 Å². The Kier molecular flexibility index (Phi) is 4.02. The van der Waals surface area contributed by atoms with Crippen molar-refractivity contribution in [2.24, 2.45) is 0 Å². The van der Waals surface area contributed by atoms with Gasteiger partial charge >= 0.3 is 0 Å². The van der Waals surface area contributed by atoms with Gasteiger partial charge in [-0.25, -0.2) is 4.98 Å². The average molecular weight is 350 g/mol. The fourth-order valence-corrected chi connectivity index (χ4v) is 3.36. The SMILES string of the molecule is Cc1ccc(P)c(-c2cc3c(cn2)OCCN3c2ccnc(N)c2)c1. The Labute approximate surface area is 149 Å². The van der Waals surface area contributed by atoms with E-state index in [1.54, 1.807) is 12.4 Å². The van der Waals surface area contributed by atoms with Crippen LogP contribution in [0.25, 0.3) is 11.3 Å². The van der Waals surface area contributed by atoms with Crippen molar-refractivity contribution < 1.29 is 4.74 Å². The summed E-state index contributed by atoms with van der Waals surface area (Å²) < 4.78 is 5.79. The summed E-state index contributed by atoms with van der Waals surface area (Å²) in [7, 11) is 2.78.